The van der Waals surface area contributed by atoms with Gasteiger partial charge in [-0.05, 0) is 19.1 Å². The number of carbonyl (C=O) groups excluding carboxylic acids is 3. The lowest BCUT2D eigenvalue weighted by molar-refractivity contribution is -0.117. The van der Waals surface area contributed by atoms with Crippen molar-refractivity contribution in [3.63, 3.8) is 0 Å². The average Bonchev–Trinajstić information content (AvgIpc) is 2.62. The van der Waals surface area contributed by atoms with E-state index in [4.69, 9.17) is 0 Å². The molecule has 1 unspecified atom stereocenters. The lowest BCUT2D eigenvalue weighted by Gasteiger charge is -2.32. The number of rotatable bonds is 1. The fourth-order valence-corrected chi connectivity index (χ4v) is 2.43. The van der Waals surface area contributed by atoms with Gasteiger partial charge in [0.2, 0.25) is 0 Å². The normalized spacial score (nSPS) is 21.1. The number of nitrogens with one attached hydrogen (secondary N) is 1. The molecule has 0 bridgehead atoms. The number of aliphatic hydroxyl groups excluding tert-OH is 1. The van der Waals surface area contributed by atoms with E-state index in [2.05, 4.69) is 5.32 Å². The van der Waals surface area contributed by atoms with Gasteiger partial charge in [-0.15, -0.1) is 0 Å². The number of amides is 2. The predicted molar refractivity (Wildman–Crippen MR) is 65.5 cm³/mol. The number of hydrogen-bond acceptors (Lipinski definition) is 4. The summed E-state index contributed by atoms with van der Waals surface area (Å²) in [6.45, 7) is 1.25. The van der Waals surface area contributed by atoms with Gasteiger partial charge in [0.1, 0.15) is 6.17 Å². The van der Waals surface area contributed by atoms with Crippen molar-refractivity contribution in [2.24, 2.45) is 0 Å². The fraction of sp³-hybridized carbons (Fsp3) is 0.154. The van der Waals surface area contributed by atoms with Crippen LogP contribution in [0.15, 0.2) is 35.6 Å². The molecule has 0 saturated carbocycles. The summed E-state index contributed by atoms with van der Waals surface area (Å²) in [6.07, 6.45) is -0.924. The van der Waals surface area contributed by atoms with Gasteiger partial charge in [0, 0.05) is 0 Å². The van der Waals surface area contributed by atoms with E-state index in [1.807, 2.05) is 0 Å². The van der Waals surface area contributed by atoms with Crippen LogP contribution in [0.1, 0.15) is 17.3 Å². The van der Waals surface area contributed by atoms with Crippen LogP contribution in [0.5, 0.6) is 0 Å². The minimum atomic E-state index is -0.924. The average molecular weight is 258 g/mol. The molecule has 0 radical (unpaired) electrons. The van der Waals surface area contributed by atoms with Crippen molar-refractivity contribution in [3.05, 3.63) is 41.2 Å². The Labute approximate surface area is 108 Å². The molecule has 19 heavy (non-hydrogen) atoms. The second-order valence-corrected chi connectivity index (χ2v) is 4.39. The largest absolute Gasteiger partial charge is 0.503 e. The number of ketones is 1. The van der Waals surface area contributed by atoms with Crippen LogP contribution in [0.25, 0.3) is 0 Å². The number of anilines is 1. The Morgan fingerprint density at radius 3 is 2.68 bits per heavy atom. The van der Waals surface area contributed by atoms with Crippen molar-refractivity contribution in [2.45, 2.75) is 13.1 Å². The standard InChI is InChI=1S/C13H10N2O4/c1-6(16)9-10(17)13(19)15-8-5-3-2-4-7(8)12(18)14-11(9)15/h2-5,11,17H,1H3,(H,14,18). The maximum atomic E-state index is 12.0. The number of Topliss-reactive ketones (excluding diaryl/α,β-unsaturated/α-hetero) is 1. The number of aliphatic hydroxyl groups is 1. The molecule has 2 aliphatic heterocycles. The molecular formula is C13H10N2O4. The Morgan fingerprint density at radius 1 is 1.32 bits per heavy atom. The van der Waals surface area contributed by atoms with Crippen molar-refractivity contribution in [2.75, 3.05) is 4.90 Å². The highest BCUT2D eigenvalue weighted by molar-refractivity contribution is 6.20. The van der Waals surface area contributed by atoms with E-state index in [0.717, 1.165) is 0 Å². The van der Waals surface area contributed by atoms with E-state index in [0.29, 0.717) is 11.3 Å². The molecule has 6 nitrogen and oxygen atoms in total. The molecule has 2 heterocycles. The maximum Gasteiger partial charge on any atom is 0.295 e. The third-order valence-electron chi connectivity index (χ3n) is 3.26. The van der Waals surface area contributed by atoms with Crippen LogP contribution in [0.2, 0.25) is 0 Å². The Morgan fingerprint density at radius 2 is 2.00 bits per heavy atom. The highest BCUT2D eigenvalue weighted by atomic mass is 16.3. The van der Waals surface area contributed by atoms with Gasteiger partial charge in [0.25, 0.3) is 11.8 Å². The minimum absolute atomic E-state index is 0.0761. The molecule has 1 aromatic rings. The zero-order chi connectivity index (χ0) is 13.7. The van der Waals surface area contributed by atoms with Crippen LogP contribution in [0, 0.1) is 0 Å². The van der Waals surface area contributed by atoms with Crippen LogP contribution in [0.3, 0.4) is 0 Å². The van der Waals surface area contributed by atoms with Crippen molar-refractivity contribution in [1.82, 2.24) is 5.32 Å². The predicted octanol–water partition coefficient (Wildman–Crippen LogP) is 0.504. The third kappa shape index (κ3) is 1.40. The van der Waals surface area contributed by atoms with Gasteiger partial charge < -0.3 is 10.4 Å². The first-order valence-corrected chi connectivity index (χ1v) is 5.70. The van der Waals surface area contributed by atoms with E-state index in [9.17, 15) is 19.5 Å². The number of nitrogens with zero attached hydrogens (tertiary/aromatic N) is 1. The molecule has 3 rings (SSSR count). The summed E-state index contributed by atoms with van der Waals surface area (Å²) in [5, 5.41) is 12.3. The molecule has 2 aliphatic rings. The van der Waals surface area contributed by atoms with Crippen molar-refractivity contribution in [3.8, 4) is 0 Å². The number of hydrogen-bond donors (Lipinski definition) is 2. The topological polar surface area (TPSA) is 86.7 Å². The monoisotopic (exact) mass is 258 g/mol. The van der Waals surface area contributed by atoms with Crippen molar-refractivity contribution >= 4 is 23.3 Å². The lowest BCUT2D eigenvalue weighted by Crippen LogP contribution is -2.53. The first-order chi connectivity index (χ1) is 9.02. The molecule has 1 aromatic carbocycles. The van der Waals surface area contributed by atoms with E-state index in [-0.39, 0.29) is 11.5 Å². The first kappa shape index (κ1) is 11.5. The summed E-state index contributed by atoms with van der Waals surface area (Å²) in [4.78, 5) is 36.7. The van der Waals surface area contributed by atoms with E-state index < -0.39 is 23.6 Å². The van der Waals surface area contributed by atoms with Gasteiger partial charge in [-0.1, -0.05) is 12.1 Å². The number of para-hydroxylation sites is 1. The lowest BCUT2D eigenvalue weighted by atomic mass is 10.0. The highest BCUT2D eigenvalue weighted by Gasteiger charge is 2.46. The summed E-state index contributed by atoms with van der Waals surface area (Å²) in [6, 6.07) is 6.55. The van der Waals surface area contributed by atoms with Crippen molar-refractivity contribution < 1.29 is 19.5 Å². The Bertz CT molecular complexity index is 662. The molecule has 2 N–H and O–H groups in total. The summed E-state index contributed by atoms with van der Waals surface area (Å²) in [7, 11) is 0. The minimum Gasteiger partial charge on any atom is -0.503 e. The third-order valence-corrected chi connectivity index (χ3v) is 3.26. The van der Waals surface area contributed by atoms with Crippen LogP contribution in [-0.2, 0) is 9.59 Å². The van der Waals surface area contributed by atoms with Crippen molar-refractivity contribution in [1.29, 1.82) is 0 Å². The molecule has 6 heteroatoms. The molecular weight excluding hydrogens is 248 g/mol. The molecule has 0 saturated heterocycles. The fourth-order valence-electron chi connectivity index (χ4n) is 2.43. The Hall–Kier alpha value is -2.63. The van der Waals surface area contributed by atoms with E-state index in [1.165, 1.54) is 11.8 Å². The number of fused-ring (bicyclic) bond motifs is 3. The van der Waals surface area contributed by atoms with Gasteiger partial charge in [0.05, 0.1) is 16.8 Å². The van der Waals surface area contributed by atoms with Gasteiger partial charge in [-0.25, -0.2) is 0 Å². The van der Waals surface area contributed by atoms with E-state index >= 15 is 0 Å². The smallest absolute Gasteiger partial charge is 0.295 e. The summed E-state index contributed by atoms with van der Waals surface area (Å²) in [5.41, 5.74) is 0.654. The molecule has 0 aliphatic carbocycles. The SMILES string of the molecule is CC(=O)C1=C(O)C(=O)N2c3ccccc3C(=O)NC12. The maximum absolute atomic E-state index is 12.0. The van der Waals surface area contributed by atoms with Gasteiger partial charge >= 0.3 is 0 Å². The number of benzene rings is 1. The first-order valence-electron chi connectivity index (χ1n) is 5.70. The second kappa shape index (κ2) is 3.68. The second-order valence-electron chi connectivity index (χ2n) is 4.39. The Kier molecular flexibility index (Phi) is 2.22. The summed E-state index contributed by atoms with van der Waals surface area (Å²) < 4.78 is 0. The quantitative estimate of drug-likeness (QED) is 0.768. The number of carbonyl (C=O) groups is 3. The summed E-state index contributed by atoms with van der Waals surface area (Å²) in [5.74, 6) is -2.10. The molecule has 1 atom stereocenters. The summed E-state index contributed by atoms with van der Waals surface area (Å²) >= 11 is 0. The van der Waals surface area contributed by atoms with Crippen LogP contribution >= 0.6 is 0 Å². The Balaban J connectivity index is 2.20. The van der Waals surface area contributed by atoms with Crippen LogP contribution in [-0.4, -0.2) is 28.9 Å². The van der Waals surface area contributed by atoms with Crippen LogP contribution < -0.4 is 10.2 Å². The molecule has 0 spiro atoms. The molecule has 0 fully saturated rings. The van der Waals surface area contributed by atoms with Crippen LogP contribution in [0.4, 0.5) is 5.69 Å². The van der Waals surface area contributed by atoms with Gasteiger partial charge in [-0.2, -0.15) is 0 Å². The molecule has 0 aromatic heterocycles. The van der Waals surface area contributed by atoms with Gasteiger partial charge in [-0.3, -0.25) is 19.3 Å². The zero-order valence-electron chi connectivity index (χ0n) is 10.0. The molecule has 2 amide bonds. The zero-order valence-corrected chi connectivity index (χ0v) is 10.0. The van der Waals surface area contributed by atoms with Gasteiger partial charge in [0.15, 0.2) is 11.5 Å². The molecule has 96 valence electrons. The van der Waals surface area contributed by atoms with E-state index in [1.54, 1.807) is 24.3 Å². The highest BCUT2D eigenvalue weighted by Crippen LogP contribution is 2.34.